The van der Waals surface area contributed by atoms with Crippen LogP contribution in [0.1, 0.15) is 33.3 Å². The molecule has 1 rings (SSSR count). The van der Waals surface area contributed by atoms with Crippen molar-refractivity contribution in [2.24, 2.45) is 4.99 Å². The molecular formula is C18H30N4O2. The first-order valence-corrected chi connectivity index (χ1v) is 8.35. The molecule has 0 aliphatic heterocycles. The van der Waals surface area contributed by atoms with Crippen molar-refractivity contribution in [3.05, 3.63) is 35.9 Å². The van der Waals surface area contributed by atoms with Gasteiger partial charge in [0.2, 0.25) is 5.91 Å². The van der Waals surface area contributed by atoms with E-state index in [1.807, 2.05) is 58.0 Å². The van der Waals surface area contributed by atoms with Gasteiger partial charge >= 0.3 is 0 Å². The van der Waals surface area contributed by atoms with Crippen LogP contribution >= 0.6 is 0 Å². The highest BCUT2D eigenvalue weighted by molar-refractivity contribution is 5.85. The zero-order chi connectivity index (χ0) is 18.0. The van der Waals surface area contributed by atoms with Crippen molar-refractivity contribution in [3.8, 4) is 0 Å². The van der Waals surface area contributed by atoms with Crippen molar-refractivity contribution in [1.82, 2.24) is 16.0 Å². The van der Waals surface area contributed by atoms with E-state index < -0.39 is 6.10 Å². The Morgan fingerprint density at radius 2 is 1.88 bits per heavy atom. The molecule has 0 radical (unpaired) electrons. The first-order valence-electron chi connectivity index (χ1n) is 8.35. The van der Waals surface area contributed by atoms with Gasteiger partial charge in [-0.3, -0.25) is 4.79 Å². The quantitative estimate of drug-likeness (QED) is 0.444. The van der Waals surface area contributed by atoms with Gasteiger partial charge in [0.15, 0.2) is 5.96 Å². The van der Waals surface area contributed by atoms with Crippen LogP contribution in [0, 0.1) is 0 Å². The van der Waals surface area contributed by atoms with E-state index in [1.165, 1.54) is 0 Å². The van der Waals surface area contributed by atoms with Crippen LogP contribution in [-0.2, 0) is 11.2 Å². The van der Waals surface area contributed by atoms with Crippen LogP contribution in [0.5, 0.6) is 0 Å². The molecular weight excluding hydrogens is 304 g/mol. The normalized spacial score (nSPS) is 13.3. The first kappa shape index (κ1) is 20.0. The van der Waals surface area contributed by atoms with E-state index in [-0.39, 0.29) is 18.0 Å². The number of guanidine groups is 1. The average Bonchev–Trinajstić information content (AvgIpc) is 2.49. The highest BCUT2D eigenvalue weighted by Gasteiger charge is 2.13. The number of nitrogens with one attached hydrogen (secondary N) is 3. The molecule has 0 heterocycles. The highest BCUT2D eigenvalue weighted by Crippen LogP contribution is 2.02. The number of amides is 1. The summed E-state index contributed by atoms with van der Waals surface area (Å²) in [5, 5.41) is 19.1. The molecule has 0 bridgehead atoms. The maximum atomic E-state index is 11.8. The molecule has 1 aromatic rings. The van der Waals surface area contributed by atoms with Gasteiger partial charge in [0.05, 0.1) is 6.10 Å². The fourth-order valence-electron chi connectivity index (χ4n) is 2.12. The standard InChI is InChI=1S/C18H30N4O2/c1-5-19-17(21-13-16(24)22-18(2,3)4)20-12-15(23)11-14-9-7-6-8-10-14/h6-10,15,23H,5,11-13H2,1-4H3,(H,22,24)(H2,19,20,21). The molecule has 4 N–H and O–H groups in total. The lowest BCUT2D eigenvalue weighted by atomic mass is 10.1. The second-order valence-corrected chi connectivity index (χ2v) is 6.72. The lowest BCUT2D eigenvalue weighted by Crippen LogP contribution is -2.44. The summed E-state index contributed by atoms with van der Waals surface area (Å²) >= 11 is 0. The van der Waals surface area contributed by atoms with Crippen LogP contribution in [0.4, 0.5) is 0 Å². The molecule has 0 aliphatic rings. The Morgan fingerprint density at radius 1 is 1.21 bits per heavy atom. The molecule has 6 heteroatoms. The highest BCUT2D eigenvalue weighted by atomic mass is 16.3. The molecule has 0 fully saturated rings. The molecule has 1 aromatic carbocycles. The van der Waals surface area contributed by atoms with Crippen molar-refractivity contribution < 1.29 is 9.90 Å². The van der Waals surface area contributed by atoms with Gasteiger partial charge in [-0.15, -0.1) is 0 Å². The fourth-order valence-corrected chi connectivity index (χ4v) is 2.12. The number of aliphatic imine (C=N–C) groups is 1. The third kappa shape index (κ3) is 9.15. The number of benzene rings is 1. The Hall–Kier alpha value is -2.08. The van der Waals surface area contributed by atoms with Crippen LogP contribution in [0.25, 0.3) is 0 Å². The Bertz CT molecular complexity index is 524. The Labute approximate surface area is 144 Å². The number of carbonyl (C=O) groups excluding carboxylic acids is 1. The molecule has 1 amide bonds. The summed E-state index contributed by atoms with van der Waals surface area (Å²) in [5.74, 6) is 0.387. The molecule has 6 nitrogen and oxygen atoms in total. The summed E-state index contributed by atoms with van der Waals surface area (Å²) in [7, 11) is 0. The van der Waals surface area contributed by atoms with Crippen molar-refractivity contribution in [2.75, 3.05) is 19.6 Å². The molecule has 1 atom stereocenters. The summed E-state index contributed by atoms with van der Waals surface area (Å²) < 4.78 is 0. The number of rotatable bonds is 7. The summed E-state index contributed by atoms with van der Waals surface area (Å²) in [4.78, 5) is 16.1. The van der Waals surface area contributed by atoms with Gasteiger partial charge in [-0.2, -0.15) is 0 Å². The second-order valence-electron chi connectivity index (χ2n) is 6.72. The summed E-state index contributed by atoms with van der Waals surface area (Å²) in [6.45, 7) is 8.82. The van der Waals surface area contributed by atoms with Crippen molar-refractivity contribution in [3.63, 3.8) is 0 Å². The number of hydrogen-bond donors (Lipinski definition) is 4. The lowest BCUT2D eigenvalue weighted by molar-refractivity contribution is -0.121. The predicted molar refractivity (Wildman–Crippen MR) is 98.0 cm³/mol. The van der Waals surface area contributed by atoms with Gasteiger partial charge in [0.25, 0.3) is 0 Å². The van der Waals surface area contributed by atoms with Crippen LogP contribution in [0.2, 0.25) is 0 Å². The fraction of sp³-hybridized carbons (Fsp3) is 0.556. The first-order chi connectivity index (χ1) is 11.3. The minimum Gasteiger partial charge on any atom is -0.391 e. The monoisotopic (exact) mass is 334 g/mol. The number of carbonyl (C=O) groups is 1. The van der Waals surface area contributed by atoms with Gasteiger partial charge in [0.1, 0.15) is 6.54 Å². The van der Waals surface area contributed by atoms with Gasteiger partial charge in [0, 0.05) is 25.0 Å². The SMILES string of the molecule is CCNC(=NCC(=O)NC(C)(C)C)NCC(O)Cc1ccccc1. The summed E-state index contributed by atoms with van der Waals surface area (Å²) in [6, 6.07) is 9.83. The van der Waals surface area contributed by atoms with E-state index in [0.29, 0.717) is 25.5 Å². The van der Waals surface area contributed by atoms with Crippen LogP contribution in [-0.4, -0.2) is 48.3 Å². The molecule has 0 aromatic heterocycles. The predicted octanol–water partition coefficient (Wildman–Crippen LogP) is 1.06. The van der Waals surface area contributed by atoms with Crippen LogP contribution in [0.15, 0.2) is 35.3 Å². The number of aliphatic hydroxyl groups is 1. The molecule has 0 spiro atoms. The zero-order valence-electron chi connectivity index (χ0n) is 15.1. The third-order valence-corrected chi connectivity index (χ3v) is 3.06. The minimum absolute atomic E-state index is 0.0430. The van der Waals surface area contributed by atoms with Crippen LogP contribution < -0.4 is 16.0 Å². The third-order valence-electron chi connectivity index (χ3n) is 3.06. The molecule has 0 saturated heterocycles. The van der Waals surface area contributed by atoms with Gasteiger partial charge in [-0.1, -0.05) is 30.3 Å². The van der Waals surface area contributed by atoms with Crippen molar-refractivity contribution in [1.29, 1.82) is 0 Å². The van der Waals surface area contributed by atoms with Crippen LogP contribution in [0.3, 0.4) is 0 Å². The van der Waals surface area contributed by atoms with E-state index in [1.54, 1.807) is 0 Å². The number of aliphatic hydroxyl groups excluding tert-OH is 1. The topological polar surface area (TPSA) is 85.8 Å². The minimum atomic E-state index is -0.528. The average molecular weight is 334 g/mol. The largest absolute Gasteiger partial charge is 0.391 e. The van der Waals surface area contributed by atoms with E-state index in [0.717, 1.165) is 5.56 Å². The van der Waals surface area contributed by atoms with E-state index in [4.69, 9.17) is 0 Å². The van der Waals surface area contributed by atoms with E-state index in [9.17, 15) is 9.90 Å². The Morgan fingerprint density at radius 3 is 2.46 bits per heavy atom. The molecule has 0 saturated carbocycles. The van der Waals surface area contributed by atoms with E-state index >= 15 is 0 Å². The zero-order valence-corrected chi connectivity index (χ0v) is 15.1. The summed E-state index contributed by atoms with van der Waals surface area (Å²) in [5.41, 5.74) is 0.808. The lowest BCUT2D eigenvalue weighted by Gasteiger charge is -2.20. The number of nitrogens with zero attached hydrogens (tertiary/aromatic N) is 1. The Kier molecular flexibility index (Phi) is 8.26. The smallest absolute Gasteiger partial charge is 0.242 e. The summed E-state index contributed by atoms with van der Waals surface area (Å²) in [6.07, 6.45) is 0.0391. The van der Waals surface area contributed by atoms with Gasteiger partial charge < -0.3 is 21.1 Å². The maximum absolute atomic E-state index is 11.8. The molecule has 134 valence electrons. The van der Waals surface area contributed by atoms with Gasteiger partial charge in [-0.25, -0.2) is 4.99 Å². The molecule has 0 aliphatic carbocycles. The van der Waals surface area contributed by atoms with Crippen molar-refractivity contribution >= 4 is 11.9 Å². The van der Waals surface area contributed by atoms with Gasteiger partial charge in [-0.05, 0) is 33.3 Å². The Balaban J connectivity index is 2.47. The molecule has 24 heavy (non-hydrogen) atoms. The van der Waals surface area contributed by atoms with E-state index in [2.05, 4.69) is 20.9 Å². The van der Waals surface area contributed by atoms with Crippen molar-refractivity contribution in [2.45, 2.75) is 45.8 Å². The molecule has 1 unspecified atom stereocenters. The number of hydrogen-bond acceptors (Lipinski definition) is 3. The maximum Gasteiger partial charge on any atom is 0.242 e. The second kappa shape index (κ2) is 9.93.